The highest BCUT2D eigenvalue weighted by Crippen LogP contribution is 2.35. The summed E-state index contributed by atoms with van der Waals surface area (Å²) in [5.41, 5.74) is -0.911. The van der Waals surface area contributed by atoms with E-state index in [1.807, 2.05) is 12.1 Å². The van der Waals surface area contributed by atoms with Crippen molar-refractivity contribution < 1.29 is 30.9 Å². The smallest absolute Gasteiger partial charge is 0.488 e. The molecule has 31 heavy (non-hydrogen) atoms. The molecule has 166 valence electrons. The molecule has 0 saturated heterocycles. The van der Waals surface area contributed by atoms with Gasteiger partial charge in [-0.1, -0.05) is 66.7 Å². The Labute approximate surface area is 180 Å². The van der Waals surface area contributed by atoms with Crippen LogP contribution in [0.2, 0.25) is 0 Å². The Morgan fingerprint density at radius 3 is 1.55 bits per heavy atom. The number of benzene rings is 3. The molecular formula is C23H23F3O4S. The van der Waals surface area contributed by atoms with Crippen LogP contribution in [0, 0.1) is 0 Å². The van der Waals surface area contributed by atoms with Crippen molar-refractivity contribution in [3.63, 3.8) is 0 Å². The summed E-state index contributed by atoms with van der Waals surface area (Å²) in [6.07, 6.45) is 0. The lowest BCUT2D eigenvalue weighted by molar-refractivity contribution is -0.0510. The van der Waals surface area contributed by atoms with Gasteiger partial charge in [0.2, 0.25) is 0 Å². The second-order valence-corrected chi connectivity index (χ2v) is 8.99. The number of hydrogen-bond acceptors (Lipinski definition) is 3. The highest BCUT2D eigenvalue weighted by Gasteiger charge is 2.44. The highest BCUT2D eigenvalue weighted by molar-refractivity contribution is 7.86. The van der Waals surface area contributed by atoms with Crippen LogP contribution in [0.5, 0.6) is 5.75 Å². The summed E-state index contributed by atoms with van der Waals surface area (Å²) >= 11 is 0. The van der Waals surface area contributed by atoms with E-state index in [1.165, 1.54) is 22.3 Å². The number of halogens is 3. The van der Waals surface area contributed by atoms with Gasteiger partial charge in [-0.05, 0) is 55.2 Å². The molecule has 3 aromatic rings. The summed E-state index contributed by atoms with van der Waals surface area (Å²) in [6.45, 7) is 6.21. The number of alkyl halides is 3. The van der Waals surface area contributed by atoms with E-state index in [1.54, 1.807) is 0 Å². The van der Waals surface area contributed by atoms with Crippen molar-refractivity contribution in [2.75, 3.05) is 0 Å². The average Bonchev–Trinajstić information content (AvgIpc) is 2.67. The van der Waals surface area contributed by atoms with Crippen LogP contribution in [0.3, 0.4) is 0 Å². The van der Waals surface area contributed by atoms with E-state index in [2.05, 4.69) is 87.5 Å². The third kappa shape index (κ3) is 7.41. The lowest BCUT2D eigenvalue weighted by atomic mass is 9.94. The van der Waals surface area contributed by atoms with Gasteiger partial charge in [-0.15, -0.1) is 0 Å². The molecular weight excluding hydrogens is 429 g/mol. The SMILES string of the molecule is CC(C)(C)Oc1ccc(-c2ccccc2)c(-c2ccccc2)c1.O=S(=O)(O)C(F)(F)F. The van der Waals surface area contributed by atoms with Crippen molar-refractivity contribution in [1.29, 1.82) is 0 Å². The molecule has 0 spiro atoms. The van der Waals surface area contributed by atoms with Gasteiger partial charge < -0.3 is 4.74 Å². The van der Waals surface area contributed by atoms with Crippen LogP contribution in [0.25, 0.3) is 22.3 Å². The second kappa shape index (κ2) is 9.53. The van der Waals surface area contributed by atoms with E-state index < -0.39 is 15.6 Å². The minimum atomic E-state index is -5.84. The Hall–Kier alpha value is -2.84. The first kappa shape index (κ1) is 24.4. The molecule has 0 heterocycles. The van der Waals surface area contributed by atoms with Crippen LogP contribution in [0.15, 0.2) is 78.9 Å². The lowest BCUT2D eigenvalue weighted by Gasteiger charge is -2.22. The molecule has 8 heteroatoms. The molecule has 0 aromatic heterocycles. The van der Waals surface area contributed by atoms with Gasteiger partial charge in [0, 0.05) is 0 Å². The summed E-state index contributed by atoms with van der Waals surface area (Å²) in [4.78, 5) is 0. The molecule has 0 aliphatic rings. The van der Waals surface area contributed by atoms with E-state index in [0.29, 0.717) is 0 Å². The van der Waals surface area contributed by atoms with E-state index in [9.17, 15) is 13.2 Å². The summed E-state index contributed by atoms with van der Waals surface area (Å²) in [6, 6.07) is 27.3. The second-order valence-electron chi connectivity index (χ2n) is 7.57. The third-order valence-electron chi connectivity index (χ3n) is 3.88. The number of hydrogen-bond donors (Lipinski definition) is 1. The Bertz CT molecular complexity index is 1090. The summed E-state index contributed by atoms with van der Waals surface area (Å²) in [7, 11) is -5.84. The van der Waals surface area contributed by atoms with Gasteiger partial charge in [-0.25, -0.2) is 0 Å². The molecule has 0 unspecified atom stereocenters. The van der Waals surface area contributed by atoms with E-state index in [0.717, 1.165) is 5.75 Å². The molecule has 3 aromatic carbocycles. The van der Waals surface area contributed by atoms with E-state index in [-0.39, 0.29) is 5.60 Å². The van der Waals surface area contributed by atoms with Crippen molar-refractivity contribution in [2.45, 2.75) is 31.9 Å². The van der Waals surface area contributed by atoms with Crippen molar-refractivity contribution in [3.05, 3.63) is 78.9 Å². The fraction of sp³-hybridized carbons (Fsp3) is 0.217. The zero-order chi connectivity index (χ0) is 23.3. The molecule has 1 N–H and O–H groups in total. The minimum absolute atomic E-state index is 0.206. The van der Waals surface area contributed by atoms with Gasteiger partial charge in [-0.3, -0.25) is 4.55 Å². The first-order valence-electron chi connectivity index (χ1n) is 9.25. The predicted octanol–water partition coefficient (Wildman–Crippen LogP) is 6.59. The maximum absolute atomic E-state index is 10.7. The molecule has 4 nitrogen and oxygen atoms in total. The molecule has 0 aliphatic heterocycles. The zero-order valence-electron chi connectivity index (χ0n) is 17.2. The largest absolute Gasteiger partial charge is 0.522 e. The van der Waals surface area contributed by atoms with Gasteiger partial charge in [0.25, 0.3) is 0 Å². The van der Waals surface area contributed by atoms with Crippen LogP contribution in [-0.4, -0.2) is 24.1 Å². The maximum Gasteiger partial charge on any atom is 0.522 e. The lowest BCUT2D eigenvalue weighted by Crippen LogP contribution is -2.22. The van der Waals surface area contributed by atoms with E-state index >= 15 is 0 Å². The van der Waals surface area contributed by atoms with Crippen LogP contribution in [0.4, 0.5) is 13.2 Å². The molecule has 0 fully saturated rings. The first-order valence-corrected chi connectivity index (χ1v) is 10.7. The van der Waals surface area contributed by atoms with Gasteiger partial charge in [0.1, 0.15) is 11.4 Å². The molecule has 0 amide bonds. The van der Waals surface area contributed by atoms with Gasteiger partial charge in [-0.2, -0.15) is 21.6 Å². The fourth-order valence-electron chi connectivity index (χ4n) is 2.67. The normalized spacial score (nSPS) is 12.0. The summed E-state index contributed by atoms with van der Waals surface area (Å²) < 4.78 is 63.6. The highest BCUT2D eigenvalue weighted by atomic mass is 32.2. The summed E-state index contributed by atoms with van der Waals surface area (Å²) in [5.74, 6) is 0.899. The van der Waals surface area contributed by atoms with E-state index in [4.69, 9.17) is 17.7 Å². The van der Waals surface area contributed by atoms with Crippen molar-refractivity contribution in [3.8, 4) is 28.0 Å². The monoisotopic (exact) mass is 452 g/mol. The molecule has 0 radical (unpaired) electrons. The first-order chi connectivity index (χ1) is 14.3. The number of rotatable bonds is 3. The third-order valence-corrected chi connectivity index (χ3v) is 4.46. The van der Waals surface area contributed by atoms with Gasteiger partial charge in [0.05, 0.1) is 0 Å². The Morgan fingerprint density at radius 2 is 1.16 bits per heavy atom. The van der Waals surface area contributed by atoms with Crippen molar-refractivity contribution in [1.82, 2.24) is 0 Å². The average molecular weight is 452 g/mol. The quantitative estimate of drug-likeness (QED) is 0.360. The summed E-state index contributed by atoms with van der Waals surface area (Å²) in [5, 5.41) is 0. The fourth-order valence-corrected chi connectivity index (χ4v) is 2.67. The van der Waals surface area contributed by atoms with Gasteiger partial charge in [0.15, 0.2) is 0 Å². The zero-order valence-corrected chi connectivity index (χ0v) is 18.0. The molecule has 0 aliphatic carbocycles. The Kier molecular flexibility index (Phi) is 7.51. The van der Waals surface area contributed by atoms with Gasteiger partial charge >= 0.3 is 15.6 Å². The minimum Gasteiger partial charge on any atom is -0.488 e. The molecule has 3 rings (SSSR count). The topological polar surface area (TPSA) is 63.6 Å². The van der Waals surface area contributed by atoms with Crippen LogP contribution >= 0.6 is 0 Å². The molecule has 0 saturated carbocycles. The predicted molar refractivity (Wildman–Crippen MR) is 115 cm³/mol. The van der Waals surface area contributed by atoms with Crippen LogP contribution in [0.1, 0.15) is 20.8 Å². The van der Waals surface area contributed by atoms with Crippen molar-refractivity contribution >= 4 is 10.1 Å². The molecule has 0 atom stereocenters. The molecule has 0 bridgehead atoms. The number of ether oxygens (including phenoxy) is 1. The maximum atomic E-state index is 10.7. The van der Waals surface area contributed by atoms with Crippen LogP contribution < -0.4 is 4.74 Å². The Morgan fingerprint density at radius 1 is 0.742 bits per heavy atom. The van der Waals surface area contributed by atoms with Crippen LogP contribution in [-0.2, 0) is 10.1 Å². The standard InChI is InChI=1S/C22H22O.CHF3O3S/c1-22(2,3)23-19-14-15-20(17-10-6-4-7-11-17)21(16-19)18-12-8-5-9-13-18;2-1(3,4)8(5,6)7/h4-16H,1-3H3;(H,5,6,7). The van der Waals surface area contributed by atoms with Crippen molar-refractivity contribution in [2.24, 2.45) is 0 Å². The Balaban J connectivity index is 0.000000366.